The van der Waals surface area contributed by atoms with Crippen molar-refractivity contribution >= 4 is 45.4 Å². The molecule has 0 bridgehead atoms. The standard InChI is InChI=1S/C7H4ClIN2/c8-7-6-5(1-3-10-7)2-4-11(6)9/h1-4H. The van der Waals surface area contributed by atoms with E-state index >= 15 is 0 Å². The molecule has 0 saturated carbocycles. The summed E-state index contributed by atoms with van der Waals surface area (Å²) < 4.78 is 1.93. The Morgan fingerprint density at radius 1 is 1.45 bits per heavy atom. The van der Waals surface area contributed by atoms with E-state index in [1.807, 2.05) is 21.1 Å². The average molecular weight is 278 g/mol. The molecule has 0 amide bonds. The van der Waals surface area contributed by atoms with Crippen LogP contribution in [-0.2, 0) is 0 Å². The maximum absolute atomic E-state index is 5.87. The first-order chi connectivity index (χ1) is 5.29. The van der Waals surface area contributed by atoms with Gasteiger partial charge in [0.2, 0.25) is 0 Å². The molecule has 0 fully saturated rings. The van der Waals surface area contributed by atoms with E-state index in [1.54, 1.807) is 6.20 Å². The molecule has 2 heterocycles. The molecule has 4 heteroatoms. The van der Waals surface area contributed by atoms with Gasteiger partial charge < -0.3 is 0 Å². The Labute approximate surface area is 82.7 Å². The van der Waals surface area contributed by atoms with Crippen molar-refractivity contribution in [3.63, 3.8) is 0 Å². The number of nitrogens with zero attached hydrogens (tertiary/aromatic N) is 2. The van der Waals surface area contributed by atoms with E-state index in [0.717, 1.165) is 10.9 Å². The molecule has 0 aliphatic carbocycles. The normalized spacial score (nSPS) is 10.7. The van der Waals surface area contributed by atoms with Crippen molar-refractivity contribution in [2.75, 3.05) is 0 Å². The number of halogens is 2. The van der Waals surface area contributed by atoms with Gasteiger partial charge in [-0.1, -0.05) is 11.6 Å². The number of rotatable bonds is 0. The summed E-state index contributed by atoms with van der Waals surface area (Å²) in [5.74, 6) is 0. The SMILES string of the molecule is Clc1nccc2ccn(I)c12. The fourth-order valence-corrected chi connectivity index (χ4v) is 2.08. The average Bonchev–Trinajstić information content (AvgIpc) is 2.34. The summed E-state index contributed by atoms with van der Waals surface area (Å²) in [6, 6.07) is 3.95. The van der Waals surface area contributed by atoms with Crippen molar-refractivity contribution in [1.82, 2.24) is 7.76 Å². The van der Waals surface area contributed by atoms with Crippen LogP contribution >= 0.6 is 34.5 Å². The lowest BCUT2D eigenvalue weighted by molar-refractivity contribution is 1.32. The van der Waals surface area contributed by atoms with Gasteiger partial charge in [-0.15, -0.1) is 0 Å². The van der Waals surface area contributed by atoms with Crippen molar-refractivity contribution in [2.24, 2.45) is 0 Å². The molecule has 0 aliphatic heterocycles. The Balaban J connectivity index is 2.96. The highest BCUT2D eigenvalue weighted by Gasteiger charge is 2.02. The zero-order valence-corrected chi connectivity index (χ0v) is 8.37. The van der Waals surface area contributed by atoms with Gasteiger partial charge in [0.05, 0.1) is 28.4 Å². The molecule has 0 saturated heterocycles. The van der Waals surface area contributed by atoms with Crippen LogP contribution < -0.4 is 0 Å². The van der Waals surface area contributed by atoms with Gasteiger partial charge in [-0.3, -0.25) is 2.78 Å². The molecule has 0 N–H and O–H groups in total. The molecule has 2 nitrogen and oxygen atoms in total. The maximum atomic E-state index is 5.87. The van der Waals surface area contributed by atoms with Gasteiger partial charge in [0.15, 0.2) is 5.15 Å². The molecule has 0 radical (unpaired) electrons. The Morgan fingerprint density at radius 3 is 3.00 bits per heavy atom. The van der Waals surface area contributed by atoms with Crippen molar-refractivity contribution in [2.45, 2.75) is 0 Å². The Kier molecular flexibility index (Phi) is 1.77. The van der Waals surface area contributed by atoms with Crippen LogP contribution in [0.25, 0.3) is 10.9 Å². The summed E-state index contributed by atoms with van der Waals surface area (Å²) in [7, 11) is 0. The van der Waals surface area contributed by atoms with Gasteiger partial charge >= 0.3 is 0 Å². The van der Waals surface area contributed by atoms with E-state index in [0.29, 0.717) is 5.15 Å². The molecule has 2 aromatic rings. The second-order valence-electron chi connectivity index (χ2n) is 2.17. The molecule has 2 aromatic heterocycles. The van der Waals surface area contributed by atoms with Crippen LogP contribution in [0.4, 0.5) is 0 Å². The lowest BCUT2D eigenvalue weighted by atomic mass is 10.3. The Morgan fingerprint density at radius 2 is 2.27 bits per heavy atom. The van der Waals surface area contributed by atoms with Crippen molar-refractivity contribution in [1.29, 1.82) is 0 Å². The highest BCUT2D eigenvalue weighted by molar-refractivity contribution is 14.1. The van der Waals surface area contributed by atoms with Gasteiger partial charge in [0.1, 0.15) is 0 Å². The highest BCUT2D eigenvalue weighted by atomic mass is 127. The molecular weight excluding hydrogens is 274 g/mol. The first kappa shape index (κ1) is 7.36. The van der Waals surface area contributed by atoms with Crippen molar-refractivity contribution < 1.29 is 0 Å². The molecule has 11 heavy (non-hydrogen) atoms. The van der Waals surface area contributed by atoms with Crippen molar-refractivity contribution in [3.05, 3.63) is 29.7 Å². The van der Waals surface area contributed by atoms with Crippen LogP contribution in [0.3, 0.4) is 0 Å². The topological polar surface area (TPSA) is 17.8 Å². The minimum Gasteiger partial charge on any atom is -0.286 e. The highest BCUT2D eigenvalue weighted by Crippen LogP contribution is 2.23. The van der Waals surface area contributed by atoms with Gasteiger partial charge in [0, 0.05) is 17.8 Å². The minimum absolute atomic E-state index is 0.557. The lowest BCUT2D eigenvalue weighted by Crippen LogP contribution is -1.79. The summed E-state index contributed by atoms with van der Waals surface area (Å²) in [5.41, 5.74) is 0.981. The fraction of sp³-hybridized carbons (Fsp3) is 0. The Bertz CT molecular complexity index is 396. The van der Waals surface area contributed by atoms with E-state index in [1.165, 1.54) is 0 Å². The summed E-state index contributed by atoms with van der Waals surface area (Å²) in [6.07, 6.45) is 3.67. The first-order valence-corrected chi connectivity index (χ1v) is 4.41. The summed E-state index contributed by atoms with van der Waals surface area (Å²) in [5, 5.41) is 1.68. The molecule has 0 aliphatic rings. The summed E-state index contributed by atoms with van der Waals surface area (Å²) in [6.45, 7) is 0. The molecule has 56 valence electrons. The van der Waals surface area contributed by atoms with E-state index in [9.17, 15) is 0 Å². The molecule has 0 aromatic carbocycles. The van der Waals surface area contributed by atoms with E-state index in [4.69, 9.17) is 11.6 Å². The third kappa shape index (κ3) is 1.12. The number of pyridine rings is 1. The third-order valence-corrected chi connectivity index (χ3v) is 2.59. The number of aromatic nitrogens is 2. The van der Waals surface area contributed by atoms with Crippen molar-refractivity contribution in [3.8, 4) is 0 Å². The number of fused-ring (bicyclic) bond motifs is 1. The quantitative estimate of drug-likeness (QED) is 0.535. The van der Waals surface area contributed by atoms with Gasteiger partial charge in [0.25, 0.3) is 0 Å². The number of hydrogen-bond donors (Lipinski definition) is 0. The zero-order valence-electron chi connectivity index (χ0n) is 5.46. The van der Waals surface area contributed by atoms with Gasteiger partial charge in [-0.2, -0.15) is 0 Å². The molecule has 2 rings (SSSR count). The summed E-state index contributed by atoms with van der Waals surface area (Å²) >= 11 is 8.04. The van der Waals surface area contributed by atoms with Crippen LogP contribution in [0.1, 0.15) is 0 Å². The lowest BCUT2D eigenvalue weighted by Gasteiger charge is -1.94. The predicted octanol–water partition coefficient (Wildman–Crippen LogP) is 2.89. The van der Waals surface area contributed by atoms with Crippen LogP contribution in [0, 0.1) is 0 Å². The zero-order chi connectivity index (χ0) is 7.84. The van der Waals surface area contributed by atoms with Crippen LogP contribution in [0.5, 0.6) is 0 Å². The molecule has 0 spiro atoms. The van der Waals surface area contributed by atoms with E-state index in [-0.39, 0.29) is 0 Å². The Hall–Kier alpha value is -0.290. The van der Waals surface area contributed by atoms with Gasteiger partial charge in [-0.05, 0) is 12.1 Å². The predicted molar refractivity (Wildman–Crippen MR) is 54.2 cm³/mol. The fourth-order valence-electron chi connectivity index (χ4n) is 1.01. The second-order valence-corrected chi connectivity index (χ2v) is 3.56. The van der Waals surface area contributed by atoms with Crippen LogP contribution in [0.15, 0.2) is 24.5 Å². The summed E-state index contributed by atoms with van der Waals surface area (Å²) in [4.78, 5) is 3.98. The number of hydrogen-bond acceptors (Lipinski definition) is 1. The second kappa shape index (κ2) is 2.64. The minimum atomic E-state index is 0.557. The third-order valence-electron chi connectivity index (χ3n) is 1.51. The largest absolute Gasteiger partial charge is 0.286 e. The first-order valence-electron chi connectivity index (χ1n) is 3.07. The van der Waals surface area contributed by atoms with E-state index < -0.39 is 0 Å². The van der Waals surface area contributed by atoms with Gasteiger partial charge in [-0.25, -0.2) is 4.98 Å². The smallest absolute Gasteiger partial charge is 0.153 e. The molecule has 0 unspecified atom stereocenters. The molecular formula is C7H4ClIN2. The molecule has 0 atom stereocenters. The van der Waals surface area contributed by atoms with Crippen LogP contribution in [-0.4, -0.2) is 7.76 Å². The maximum Gasteiger partial charge on any atom is 0.153 e. The monoisotopic (exact) mass is 278 g/mol. The van der Waals surface area contributed by atoms with Crippen LogP contribution in [0.2, 0.25) is 5.15 Å². The van der Waals surface area contributed by atoms with E-state index in [2.05, 4.69) is 27.8 Å².